The maximum Gasteiger partial charge on any atom is 0.410 e. The molecule has 0 aliphatic carbocycles. The zero-order valence-corrected chi connectivity index (χ0v) is 14.7. The summed E-state index contributed by atoms with van der Waals surface area (Å²) >= 11 is 16.9. The fourth-order valence-electron chi connectivity index (χ4n) is 3.73. The summed E-state index contributed by atoms with van der Waals surface area (Å²) in [6.45, 7) is -0.282. The minimum Gasteiger partial charge on any atom is -0.445 e. The Labute approximate surface area is 150 Å². The molecule has 4 nitrogen and oxygen atoms in total. The zero-order valence-electron chi connectivity index (χ0n) is 12.4. The number of carbonyl (C=O) groups is 1. The molecule has 1 aromatic rings. The molecule has 2 saturated heterocycles. The van der Waals surface area contributed by atoms with Gasteiger partial charge in [0.2, 0.25) is 3.79 Å². The fourth-order valence-corrected chi connectivity index (χ4v) is 3.89. The first-order valence-corrected chi connectivity index (χ1v) is 8.72. The number of aliphatic hydroxyl groups is 1. The molecule has 0 unspecified atom stereocenters. The second-order valence-electron chi connectivity index (χ2n) is 6.27. The molecule has 2 heterocycles. The quantitative estimate of drug-likeness (QED) is 0.791. The zero-order chi connectivity index (χ0) is 16.7. The largest absolute Gasteiger partial charge is 0.445 e. The lowest BCUT2D eigenvalue weighted by Crippen LogP contribution is -2.52. The van der Waals surface area contributed by atoms with Crippen LogP contribution in [0.4, 0.5) is 4.79 Å². The van der Waals surface area contributed by atoms with E-state index in [4.69, 9.17) is 39.5 Å². The number of alkyl halides is 3. The average Bonchev–Trinajstić information content (AvgIpc) is 2.78. The Morgan fingerprint density at radius 1 is 1.22 bits per heavy atom. The highest BCUT2D eigenvalue weighted by Crippen LogP contribution is 2.46. The SMILES string of the molecule is O=C(OCC(Cl)(Cl)Cl)N1[C@@H]2CC[C@H]1C[C@@](O)(c1ccccc1)C2. The number of hydrogen-bond acceptors (Lipinski definition) is 3. The first kappa shape index (κ1) is 17.2. The molecule has 2 bridgehead atoms. The maximum atomic E-state index is 12.3. The van der Waals surface area contributed by atoms with E-state index in [-0.39, 0.29) is 18.7 Å². The van der Waals surface area contributed by atoms with Gasteiger partial charge < -0.3 is 14.7 Å². The number of fused-ring (bicyclic) bond motifs is 2. The first-order chi connectivity index (χ1) is 10.8. The molecule has 2 aliphatic heterocycles. The van der Waals surface area contributed by atoms with E-state index in [1.54, 1.807) is 4.90 Å². The molecular weight excluding hydrogens is 361 g/mol. The molecule has 0 radical (unpaired) electrons. The van der Waals surface area contributed by atoms with Gasteiger partial charge >= 0.3 is 6.09 Å². The molecule has 2 fully saturated rings. The van der Waals surface area contributed by atoms with Gasteiger partial charge in [-0.2, -0.15) is 0 Å². The van der Waals surface area contributed by atoms with Crippen molar-refractivity contribution in [1.29, 1.82) is 0 Å². The summed E-state index contributed by atoms with van der Waals surface area (Å²) in [6.07, 6.45) is 2.22. The van der Waals surface area contributed by atoms with Crippen LogP contribution in [-0.2, 0) is 10.3 Å². The van der Waals surface area contributed by atoms with Crippen LogP contribution in [0.15, 0.2) is 30.3 Å². The molecule has 0 aromatic heterocycles. The van der Waals surface area contributed by atoms with Crippen LogP contribution in [0, 0.1) is 0 Å². The van der Waals surface area contributed by atoms with E-state index in [0.29, 0.717) is 12.8 Å². The summed E-state index contributed by atoms with van der Waals surface area (Å²) in [5.74, 6) is 0. The van der Waals surface area contributed by atoms with E-state index in [1.807, 2.05) is 30.3 Å². The van der Waals surface area contributed by atoms with Crippen molar-refractivity contribution in [3.05, 3.63) is 35.9 Å². The summed E-state index contributed by atoms with van der Waals surface area (Å²) < 4.78 is 3.49. The summed E-state index contributed by atoms with van der Waals surface area (Å²) in [7, 11) is 0. The van der Waals surface area contributed by atoms with Crippen LogP contribution in [0.1, 0.15) is 31.2 Å². The minimum atomic E-state index is -1.62. The normalized spacial score (nSPS) is 30.3. The molecule has 0 spiro atoms. The van der Waals surface area contributed by atoms with Gasteiger partial charge in [0.05, 0.1) is 5.60 Å². The second-order valence-corrected chi connectivity index (χ2v) is 8.78. The van der Waals surface area contributed by atoms with Crippen LogP contribution in [0.25, 0.3) is 0 Å². The Balaban J connectivity index is 1.71. The van der Waals surface area contributed by atoms with E-state index in [0.717, 1.165) is 18.4 Å². The maximum absolute atomic E-state index is 12.3. The summed E-state index contributed by atoms with van der Waals surface area (Å²) in [5, 5.41) is 11.0. The number of rotatable bonds is 2. The standard InChI is InChI=1S/C16H18Cl3NO3/c17-16(18,19)10-23-14(21)20-12-6-7-13(20)9-15(22,8-12)11-4-2-1-3-5-11/h1-5,12-13,22H,6-10H2/t12-,13+,15-. The van der Waals surface area contributed by atoms with E-state index >= 15 is 0 Å². The highest BCUT2D eigenvalue weighted by molar-refractivity contribution is 6.67. The van der Waals surface area contributed by atoms with Crippen LogP contribution in [0.2, 0.25) is 0 Å². The molecule has 7 heteroatoms. The summed E-state index contributed by atoms with van der Waals surface area (Å²) in [4.78, 5) is 14.0. The Bertz CT molecular complexity index is 562. The third kappa shape index (κ3) is 3.71. The van der Waals surface area contributed by atoms with Gasteiger partial charge in [0.25, 0.3) is 0 Å². The number of nitrogens with zero attached hydrogens (tertiary/aromatic N) is 1. The lowest BCUT2D eigenvalue weighted by Gasteiger charge is -2.43. The topological polar surface area (TPSA) is 49.8 Å². The van der Waals surface area contributed by atoms with Crippen molar-refractivity contribution in [1.82, 2.24) is 4.90 Å². The number of ether oxygens (including phenoxy) is 1. The number of amides is 1. The van der Waals surface area contributed by atoms with Crippen LogP contribution >= 0.6 is 34.8 Å². The van der Waals surface area contributed by atoms with E-state index in [9.17, 15) is 9.90 Å². The van der Waals surface area contributed by atoms with Crippen LogP contribution in [0.3, 0.4) is 0 Å². The number of halogens is 3. The van der Waals surface area contributed by atoms with Crippen molar-refractivity contribution < 1.29 is 14.6 Å². The molecule has 3 rings (SSSR count). The van der Waals surface area contributed by atoms with Gasteiger partial charge in [-0.05, 0) is 18.4 Å². The van der Waals surface area contributed by atoms with Gasteiger partial charge in [0.1, 0.15) is 6.61 Å². The molecule has 3 atom stereocenters. The Kier molecular flexibility index (Phi) is 4.71. The summed E-state index contributed by atoms with van der Waals surface area (Å²) in [6, 6.07) is 9.49. The van der Waals surface area contributed by atoms with Gasteiger partial charge in [-0.25, -0.2) is 4.79 Å². The number of piperidine rings is 1. The van der Waals surface area contributed by atoms with Crippen molar-refractivity contribution in [3.8, 4) is 0 Å². The van der Waals surface area contributed by atoms with Gasteiger partial charge in [-0.3, -0.25) is 0 Å². The highest BCUT2D eigenvalue weighted by Gasteiger charge is 2.50. The average molecular weight is 379 g/mol. The van der Waals surface area contributed by atoms with Gasteiger partial charge in [0.15, 0.2) is 0 Å². The molecule has 126 valence electrons. The van der Waals surface area contributed by atoms with E-state index in [2.05, 4.69) is 0 Å². The molecule has 2 aliphatic rings. The fraction of sp³-hybridized carbons (Fsp3) is 0.562. The molecule has 23 heavy (non-hydrogen) atoms. The lowest BCUT2D eigenvalue weighted by molar-refractivity contribution is -0.0528. The molecule has 1 N–H and O–H groups in total. The predicted molar refractivity (Wildman–Crippen MR) is 89.9 cm³/mol. The van der Waals surface area contributed by atoms with Gasteiger partial charge in [-0.15, -0.1) is 0 Å². The van der Waals surface area contributed by atoms with Crippen LogP contribution in [-0.4, -0.2) is 38.6 Å². The van der Waals surface area contributed by atoms with Crippen molar-refractivity contribution >= 4 is 40.9 Å². The Hall–Kier alpha value is -0.680. The van der Waals surface area contributed by atoms with E-state index < -0.39 is 15.5 Å². The first-order valence-electron chi connectivity index (χ1n) is 7.58. The lowest BCUT2D eigenvalue weighted by atomic mass is 9.81. The van der Waals surface area contributed by atoms with Crippen LogP contribution in [0.5, 0.6) is 0 Å². The van der Waals surface area contributed by atoms with Crippen molar-refractivity contribution in [3.63, 3.8) is 0 Å². The minimum absolute atomic E-state index is 0.0539. The van der Waals surface area contributed by atoms with Crippen LogP contribution < -0.4 is 0 Å². The van der Waals surface area contributed by atoms with Gasteiger partial charge in [-0.1, -0.05) is 65.1 Å². The number of carbonyl (C=O) groups excluding carboxylic acids is 1. The van der Waals surface area contributed by atoms with Crippen molar-refractivity contribution in [2.24, 2.45) is 0 Å². The van der Waals surface area contributed by atoms with Crippen molar-refractivity contribution in [2.75, 3.05) is 6.61 Å². The smallest absolute Gasteiger partial charge is 0.410 e. The van der Waals surface area contributed by atoms with Crippen molar-refractivity contribution in [2.45, 2.75) is 47.2 Å². The molecule has 1 aromatic carbocycles. The van der Waals surface area contributed by atoms with E-state index in [1.165, 1.54) is 0 Å². The highest BCUT2D eigenvalue weighted by atomic mass is 35.6. The van der Waals surface area contributed by atoms with Gasteiger partial charge in [0, 0.05) is 24.9 Å². The molecule has 1 amide bonds. The third-order valence-electron chi connectivity index (χ3n) is 4.65. The molecule has 0 saturated carbocycles. The third-order valence-corrected chi connectivity index (χ3v) is 4.98. The second kappa shape index (κ2) is 6.32. The molecular formula is C16H18Cl3NO3. The number of benzene rings is 1. The summed E-state index contributed by atoms with van der Waals surface area (Å²) in [5.41, 5.74) is -0.00905. The Morgan fingerprint density at radius 2 is 1.78 bits per heavy atom. The number of hydrogen-bond donors (Lipinski definition) is 1. The predicted octanol–water partition coefficient (Wildman–Crippen LogP) is 4.01. The Morgan fingerprint density at radius 3 is 2.30 bits per heavy atom. The monoisotopic (exact) mass is 377 g/mol.